The monoisotopic (exact) mass is 200 g/mol. The average Bonchev–Trinajstić information content (AvgIpc) is 1.78. The fraction of sp³-hybridized carbons (Fsp3) is 0.917. The summed E-state index contributed by atoms with van der Waals surface area (Å²) in [5.41, 5.74) is 0.0173. The Hall–Kier alpha value is -0.370. The minimum Gasteiger partial charge on any atom is -0.396 e. The van der Waals surface area contributed by atoms with Gasteiger partial charge in [0.05, 0.1) is 0 Å². The predicted octanol–water partition coefficient (Wildman–Crippen LogP) is 2.79. The molecule has 0 aromatic rings. The molecular weight excluding hydrogens is 176 g/mol. The summed E-state index contributed by atoms with van der Waals surface area (Å²) in [6.07, 6.45) is 1.90. The van der Waals surface area contributed by atoms with Crippen LogP contribution in [0, 0.1) is 10.8 Å². The number of hydrogen-bond donors (Lipinski definition) is 1. The third kappa shape index (κ3) is 7.07. The van der Waals surface area contributed by atoms with Gasteiger partial charge in [-0.2, -0.15) is 0 Å². The molecule has 0 radical (unpaired) electrons. The maximum atomic E-state index is 11.7. The Bertz CT molecular complexity index is 187. The second-order valence-corrected chi connectivity index (χ2v) is 6.09. The van der Waals surface area contributed by atoms with Crippen molar-refractivity contribution >= 4 is 5.78 Å². The minimum atomic E-state index is -0.0584. The molecular formula is C12H24O2. The van der Waals surface area contributed by atoms with Gasteiger partial charge in [-0.15, -0.1) is 0 Å². The second-order valence-electron chi connectivity index (χ2n) is 6.09. The van der Waals surface area contributed by atoms with E-state index in [0.29, 0.717) is 25.0 Å². The van der Waals surface area contributed by atoms with E-state index in [1.165, 1.54) is 0 Å². The van der Waals surface area contributed by atoms with Crippen LogP contribution in [0.1, 0.15) is 53.9 Å². The van der Waals surface area contributed by atoms with Gasteiger partial charge in [-0.1, -0.05) is 34.6 Å². The lowest BCUT2D eigenvalue weighted by Crippen LogP contribution is -2.22. The fourth-order valence-electron chi connectivity index (χ4n) is 1.58. The van der Waals surface area contributed by atoms with Gasteiger partial charge in [-0.3, -0.25) is 4.79 Å². The van der Waals surface area contributed by atoms with Crippen molar-refractivity contribution in [1.29, 1.82) is 0 Å². The van der Waals surface area contributed by atoms with E-state index < -0.39 is 0 Å². The SMILES string of the molecule is CC(C)(C)CC(=O)CC(C)(C)CCO. The smallest absolute Gasteiger partial charge is 0.133 e. The number of carbonyl (C=O) groups excluding carboxylic acids is 1. The van der Waals surface area contributed by atoms with E-state index in [1.54, 1.807) is 0 Å². The Labute approximate surface area is 87.7 Å². The van der Waals surface area contributed by atoms with Crippen molar-refractivity contribution in [2.24, 2.45) is 10.8 Å². The van der Waals surface area contributed by atoms with Gasteiger partial charge in [0.2, 0.25) is 0 Å². The van der Waals surface area contributed by atoms with Gasteiger partial charge in [0.25, 0.3) is 0 Å². The highest BCUT2D eigenvalue weighted by Crippen LogP contribution is 2.28. The van der Waals surface area contributed by atoms with Crippen LogP contribution < -0.4 is 0 Å². The van der Waals surface area contributed by atoms with Crippen LogP contribution in [-0.4, -0.2) is 17.5 Å². The van der Waals surface area contributed by atoms with Crippen LogP contribution in [0.25, 0.3) is 0 Å². The van der Waals surface area contributed by atoms with Gasteiger partial charge < -0.3 is 5.11 Å². The number of Topliss-reactive ketones (excluding diaryl/α,β-unsaturated/α-hetero) is 1. The molecule has 0 aromatic carbocycles. The van der Waals surface area contributed by atoms with Gasteiger partial charge in [0.1, 0.15) is 5.78 Å². The molecule has 14 heavy (non-hydrogen) atoms. The largest absolute Gasteiger partial charge is 0.396 e. The number of carbonyl (C=O) groups is 1. The first-order valence-corrected chi connectivity index (χ1v) is 5.29. The van der Waals surface area contributed by atoms with E-state index in [9.17, 15) is 4.79 Å². The van der Waals surface area contributed by atoms with Gasteiger partial charge in [-0.25, -0.2) is 0 Å². The van der Waals surface area contributed by atoms with E-state index in [0.717, 1.165) is 0 Å². The molecule has 0 atom stereocenters. The van der Waals surface area contributed by atoms with Crippen molar-refractivity contribution in [1.82, 2.24) is 0 Å². The lowest BCUT2D eigenvalue weighted by Gasteiger charge is -2.25. The molecule has 0 rings (SSSR count). The average molecular weight is 200 g/mol. The molecule has 0 aliphatic carbocycles. The number of ketones is 1. The van der Waals surface area contributed by atoms with Crippen LogP contribution in [0.15, 0.2) is 0 Å². The van der Waals surface area contributed by atoms with Gasteiger partial charge >= 0.3 is 0 Å². The molecule has 2 nitrogen and oxygen atoms in total. The summed E-state index contributed by atoms with van der Waals surface area (Å²) >= 11 is 0. The molecule has 0 bridgehead atoms. The molecule has 0 aliphatic heterocycles. The summed E-state index contributed by atoms with van der Waals surface area (Å²) in [6.45, 7) is 10.4. The molecule has 0 unspecified atom stereocenters. The molecule has 1 N–H and O–H groups in total. The fourth-order valence-corrected chi connectivity index (χ4v) is 1.58. The van der Waals surface area contributed by atoms with Crippen molar-refractivity contribution in [3.05, 3.63) is 0 Å². The van der Waals surface area contributed by atoms with Crippen molar-refractivity contribution in [2.45, 2.75) is 53.9 Å². The highest BCUT2D eigenvalue weighted by atomic mass is 16.3. The van der Waals surface area contributed by atoms with Crippen LogP contribution in [0.2, 0.25) is 0 Å². The molecule has 0 amide bonds. The first-order valence-electron chi connectivity index (χ1n) is 5.29. The number of aliphatic hydroxyl groups is 1. The summed E-state index contributed by atoms with van der Waals surface area (Å²) in [5, 5.41) is 8.84. The third-order valence-corrected chi connectivity index (χ3v) is 2.19. The Balaban J connectivity index is 4.06. The van der Waals surface area contributed by atoms with Crippen molar-refractivity contribution < 1.29 is 9.90 Å². The quantitative estimate of drug-likeness (QED) is 0.741. The highest BCUT2D eigenvalue weighted by Gasteiger charge is 2.24. The van der Waals surface area contributed by atoms with Crippen LogP contribution in [0.4, 0.5) is 0 Å². The number of aliphatic hydroxyl groups excluding tert-OH is 1. The standard InChI is InChI=1S/C12H24O2/c1-11(2,3)8-10(14)9-12(4,5)6-7-13/h13H,6-9H2,1-5H3. The van der Waals surface area contributed by atoms with Crippen LogP contribution in [0.5, 0.6) is 0 Å². The molecule has 0 saturated heterocycles. The summed E-state index contributed by atoms with van der Waals surface area (Å²) in [5.74, 6) is 0.302. The molecule has 0 aliphatic rings. The van der Waals surface area contributed by atoms with Crippen molar-refractivity contribution in [3.63, 3.8) is 0 Å². The normalized spacial score (nSPS) is 13.0. The lowest BCUT2D eigenvalue weighted by atomic mass is 9.80. The van der Waals surface area contributed by atoms with Gasteiger partial charge in [-0.05, 0) is 17.3 Å². The van der Waals surface area contributed by atoms with Crippen molar-refractivity contribution in [2.75, 3.05) is 6.61 Å². The van der Waals surface area contributed by atoms with Crippen LogP contribution >= 0.6 is 0 Å². The molecule has 2 heteroatoms. The maximum absolute atomic E-state index is 11.7. The zero-order valence-corrected chi connectivity index (χ0v) is 10.2. The maximum Gasteiger partial charge on any atom is 0.133 e. The van der Waals surface area contributed by atoms with Crippen molar-refractivity contribution in [3.8, 4) is 0 Å². The molecule has 0 aromatic heterocycles. The number of rotatable bonds is 5. The predicted molar refractivity (Wildman–Crippen MR) is 59.2 cm³/mol. The minimum absolute atomic E-state index is 0.0584. The van der Waals surface area contributed by atoms with Gasteiger partial charge in [0, 0.05) is 19.4 Å². The Kier molecular flexibility index (Phi) is 4.79. The second kappa shape index (κ2) is 4.92. The Morgan fingerprint density at radius 2 is 1.57 bits per heavy atom. The molecule has 0 spiro atoms. The Morgan fingerprint density at radius 3 is 1.93 bits per heavy atom. The molecule has 0 heterocycles. The zero-order valence-electron chi connectivity index (χ0n) is 10.2. The zero-order chi connectivity index (χ0) is 11.4. The lowest BCUT2D eigenvalue weighted by molar-refractivity contribution is -0.122. The highest BCUT2D eigenvalue weighted by molar-refractivity contribution is 5.79. The summed E-state index contributed by atoms with van der Waals surface area (Å²) in [4.78, 5) is 11.7. The van der Waals surface area contributed by atoms with E-state index in [4.69, 9.17) is 5.11 Å². The summed E-state index contributed by atoms with van der Waals surface area (Å²) in [7, 11) is 0. The summed E-state index contributed by atoms with van der Waals surface area (Å²) < 4.78 is 0. The summed E-state index contributed by atoms with van der Waals surface area (Å²) in [6, 6.07) is 0. The van der Waals surface area contributed by atoms with E-state index in [-0.39, 0.29) is 17.4 Å². The first kappa shape index (κ1) is 13.6. The first-order chi connectivity index (χ1) is 6.16. The topological polar surface area (TPSA) is 37.3 Å². The van der Waals surface area contributed by atoms with E-state index in [2.05, 4.69) is 20.8 Å². The number of hydrogen-bond acceptors (Lipinski definition) is 2. The van der Waals surface area contributed by atoms with Gasteiger partial charge in [0.15, 0.2) is 0 Å². The third-order valence-electron chi connectivity index (χ3n) is 2.19. The van der Waals surface area contributed by atoms with E-state index >= 15 is 0 Å². The Morgan fingerprint density at radius 1 is 1.07 bits per heavy atom. The molecule has 0 fully saturated rings. The van der Waals surface area contributed by atoms with Crippen LogP contribution in [0.3, 0.4) is 0 Å². The van der Waals surface area contributed by atoms with Crippen LogP contribution in [-0.2, 0) is 4.79 Å². The molecule has 84 valence electrons. The molecule has 0 saturated carbocycles. The van der Waals surface area contributed by atoms with E-state index in [1.807, 2.05) is 13.8 Å².